The van der Waals surface area contributed by atoms with Crippen LogP contribution in [0.1, 0.15) is 42.4 Å². The van der Waals surface area contributed by atoms with Crippen LogP contribution < -0.4 is 10.6 Å². The first-order valence-electron chi connectivity index (χ1n) is 11.1. The van der Waals surface area contributed by atoms with Gasteiger partial charge in [0.25, 0.3) is 5.91 Å². The molecule has 1 fully saturated rings. The monoisotopic (exact) mass is 562 g/mol. The highest BCUT2D eigenvalue weighted by Gasteiger charge is 2.28. The van der Waals surface area contributed by atoms with E-state index in [0.717, 1.165) is 43.3 Å². The minimum atomic E-state index is -0.267. The molecule has 1 aliphatic rings. The number of halogens is 1. The molecule has 2 N–H and O–H groups in total. The zero-order valence-electron chi connectivity index (χ0n) is 19.0. The van der Waals surface area contributed by atoms with Gasteiger partial charge >= 0.3 is 0 Å². The molecule has 2 atom stereocenters. The molecule has 1 aliphatic heterocycles. The van der Waals surface area contributed by atoms with E-state index in [4.69, 9.17) is 9.41 Å². The number of rotatable bonds is 6. The summed E-state index contributed by atoms with van der Waals surface area (Å²) in [5.74, 6) is 1.51. The maximum absolute atomic E-state index is 12.2. The molecule has 4 rings (SSSR count). The predicted octanol–water partition coefficient (Wildman–Crippen LogP) is 4.40. The van der Waals surface area contributed by atoms with Crippen molar-refractivity contribution in [3.63, 3.8) is 0 Å². The van der Waals surface area contributed by atoms with E-state index < -0.39 is 0 Å². The Balaban J connectivity index is 0.00000306. The summed E-state index contributed by atoms with van der Waals surface area (Å²) < 4.78 is 7.36. The molecule has 3 aromatic rings. The largest absolute Gasteiger partial charge is 0.459 e. The molecule has 3 heterocycles. The normalized spacial score (nSPS) is 18.5. The van der Waals surface area contributed by atoms with Gasteiger partial charge in [0, 0.05) is 37.7 Å². The Morgan fingerprint density at radius 1 is 1.30 bits per heavy atom. The Morgan fingerprint density at radius 3 is 2.91 bits per heavy atom. The summed E-state index contributed by atoms with van der Waals surface area (Å²) >= 11 is 0. The van der Waals surface area contributed by atoms with Crippen molar-refractivity contribution in [3.05, 3.63) is 72.7 Å². The highest BCUT2D eigenvalue weighted by atomic mass is 127. The smallest absolute Gasteiger partial charge is 0.291 e. The number of imidazole rings is 1. The third-order valence-corrected chi connectivity index (χ3v) is 5.80. The average Bonchev–Trinajstić information content (AvgIpc) is 3.52. The molecule has 1 amide bonds. The van der Waals surface area contributed by atoms with Crippen molar-refractivity contribution in [2.45, 2.75) is 32.9 Å². The van der Waals surface area contributed by atoms with Crippen molar-refractivity contribution >= 4 is 41.5 Å². The molecule has 1 saturated heterocycles. The number of anilines is 1. The fourth-order valence-electron chi connectivity index (χ4n) is 4.03. The lowest BCUT2D eigenvalue weighted by Crippen LogP contribution is -2.49. The highest BCUT2D eigenvalue weighted by Crippen LogP contribution is 2.27. The Bertz CT molecular complexity index is 1040. The zero-order chi connectivity index (χ0) is 22.3. The van der Waals surface area contributed by atoms with Gasteiger partial charge in [0.15, 0.2) is 11.7 Å². The van der Waals surface area contributed by atoms with Gasteiger partial charge in [0.1, 0.15) is 0 Å². The SMILES string of the molecule is CCNC(=NCc1cccc(NC(=O)c2ccco2)c1)N1CCC(C)C(n2ccnc2)C1.I. The van der Waals surface area contributed by atoms with Crippen LogP contribution in [0.2, 0.25) is 0 Å². The quantitative estimate of drug-likeness (QED) is 0.264. The number of aromatic nitrogens is 2. The van der Waals surface area contributed by atoms with Crippen LogP contribution in [0.15, 0.2) is 70.8 Å². The first-order valence-corrected chi connectivity index (χ1v) is 11.1. The van der Waals surface area contributed by atoms with Crippen molar-refractivity contribution < 1.29 is 9.21 Å². The molecule has 2 unspecified atom stereocenters. The Morgan fingerprint density at radius 2 is 2.18 bits per heavy atom. The number of carbonyl (C=O) groups excluding carboxylic acids is 1. The van der Waals surface area contributed by atoms with Crippen LogP contribution in [-0.2, 0) is 6.54 Å². The van der Waals surface area contributed by atoms with Crippen LogP contribution in [0.25, 0.3) is 0 Å². The summed E-state index contributed by atoms with van der Waals surface area (Å²) in [6.07, 6.45) is 8.36. The van der Waals surface area contributed by atoms with Crippen molar-refractivity contribution in [1.82, 2.24) is 19.8 Å². The van der Waals surface area contributed by atoms with Crippen LogP contribution >= 0.6 is 24.0 Å². The fourth-order valence-corrected chi connectivity index (χ4v) is 4.03. The topological polar surface area (TPSA) is 87.7 Å². The van der Waals surface area contributed by atoms with Crippen LogP contribution in [0.3, 0.4) is 0 Å². The van der Waals surface area contributed by atoms with Crippen molar-refractivity contribution in [3.8, 4) is 0 Å². The molecule has 2 aromatic heterocycles. The molecular weight excluding hydrogens is 531 g/mol. The average molecular weight is 562 g/mol. The summed E-state index contributed by atoms with van der Waals surface area (Å²) in [5.41, 5.74) is 1.74. The first-order chi connectivity index (χ1) is 15.6. The number of hydrogen-bond acceptors (Lipinski definition) is 4. The molecule has 0 spiro atoms. The Kier molecular flexibility index (Phi) is 8.93. The molecule has 8 nitrogen and oxygen atoms in total. The van der Waals surface area contributed by atoms with Crippen LogP contribution in [-0.4, -0.2) is 46.0 Å². The van der Waals surface area contributed by atoms with E-state index in [9.17, 15) is 4.79 Å². The van der Waals surface area contributed by atoms with Gasteiger partial charge in [0.2, 0.25) is 0 Å². The predicted molar refractivity (Wildman–Crippen MR) is 140 cm³/mol. The second kappa shape index (κ2) is 11.9. The number of benzene rings is 1. The van der Waals surface area contributed by atoms with E-state index in [1.165, 1.54) is 6.26 Å². The maximum atomic E-state index is 12.2. The lowest BCUT2D eigenvalue weighted by atomic mass is 9.93. The van der Waals surface area contributed by atoms with Crippen molar-refractivity contribution in [2.75, 3.05) is 25.0 Å². The third kappa shape index (κ3) is 6.37. The molecule has 0 aliphatic carbocycles. The number of furan rings is 1. The molecule has 176 valence electrons. The van der Waals surface area contributed by atoms with E-state index in [-0.39, 0.29) is 35.6 Å². The third-order valence-electron chi connectivity index (χ3n) is 5.80. The van der Waals surface area contributed by atoms with Gasteiger partial charge in [-0.1, -0.05) is 19.1 Å². The number of nitrogens with one attached hydrogen (secondary N) is 2. The van der Waals surface area contributed by atoms with E-state index >= 15 is 0 Å². The van der Waals surface area contributed by atoms with Crippen LogP contribution in [0, 0.1) is 5.92 Å². The van der Waals surface area contributed by atoms with Gasteiger partial charge in [-0.15, -0.1) is 24.0 Å². The number of nitrogens with zero attached hydrogens (tertiary/aromatic N) is 4. The second-order valence-corrected chi connectivity index (χ2v) is 8.09. The van der Waals surface area contributed by atoms with Crippen molar-refractivity contribution in [2.24, 2.45) is 10.9 Å². The molecule has 1 aromatic carbocycles. The summed E-state index contributed by atoms with van der Waals surface area (Å²) in [6.45, 7) is 7.57. The second-order valence-electron chi connectivity index (χ2n) is 8.09. The highest BCUT2D eigenvalue weighted by molar-refractivity contribution is 14.0. The van der Waals surface area contributed by atoms with E-state index in [1.54, 1.807) is 12.1 Å². The molecule has 0 bridgehead atoms. The maximum Gasteiger partial charge on any atom is 0.291 e. The van der Waals surface area contributed by atoms with E-state index in [2.05, 4.69) is 38.9 Å². The minimum Gasteiger partial charge on any atom is -0.459 e. The number of piperidine rings is 1. The zero-order valence-corrected chi connectivity index (χ0v) is 21.3. The van der Waals surface area contributed by atoms with E-state index in [0.29, 0.717) is 18.5 Å². The molecule has 0 radical (unpaired) electrons. The minimum absolute atomic E-state index is 0. The summed E-state index contributed by atoms with van der Waals surface area (Å²) in [6, 6.07) is 11.5. The molecular formula is C24H31IN6O2. The number of guanidine groups is 1. The van der Waals surface area contributed by atoms with Gasteiger partial charge < -0.3 is 24.5 Å². The lowest BCUT2D eigenvalue weighted by molar-refractivity contribution is 0.0996. The summed E-state index contributed by atoms with van der Waals surface area (Å²) in [5, 5.41) is 6.31. The molecule has 0 saturated carbocycles. The van der Waals surface area contributed by atoms with Gasteiger partial charge in [-0.3, -0.25) is 4.79 Å². The van der Waals surface area contributed by atoms with Crippen LogP contribution in [0.5, 0.6) is 0 Å². The number of amides is 1. The first kappa shape index (κ1) is 24.8. The standard InChI is InChI=1S/C24H30N6O2.HI/c1-3-26-24(29-11-9-18(2)21(16-29)30-12-10-25-17-30)27-15-19-6-4-7-20(14-19)28-23(31)22-8-5-13-32-22;/h4-8,10,12-14,17-18,21H,3,9,11,15-16H2,1-2H3,(H,26,27)(H,28,31);1H. The molecule has 9 heteroatoms. The number of likely N-dealkylation sites (tertiary alicyclic amines) is 1. The van der Waals surface area contributed by atoms with Crippen LogP contribution in [0.4, 0.5) is 5.69 Å². The van der Waals surface area contributed by atoms with Gasteiger partial charge in [-0.25, -0.2) is 9.98 Å². The van der Waals surface area contributed by atoms with Gasteiger partial charge in [-0.2, -0.15) is 0 Å². The number of aliphatic imine (C=N–C) groups is 1. The van der Waals surface area contributed by atoms with Gasteiger partial charge in [-0.05, 0) is 49.1 Å². The Hall–Kier alpha value is -2.82. The molecule has 33 heavy (non-hydrogen) atoms. The number of hydrogen-bond donors (Lipinski definition) is 2. The van der Waals surface area contributed by atoms with E-state index in [1.807, 2.05) is 43.0 Å². The Labute approximate surface area is 211 Å². The fraction of sp³-hybridized carbons (Fsp3) is 0.375. The van der Waals surface area contributed by atoms with Crippen molar-refractivity contribution in [1.29, 1.82) is 0 Å². The summed E-state index contributed by atoms with van der Waals surface area (Å²) in [7, 11) is 0. The summed E-state index contributed by atoms with van der Waals surface area (Å²) in [4.78, 5) is 23.7. The number of carbonyl (C=O) groups is 1. The lowest BCUT2D eigenvalue weighted by Gasteiger charge is -2.39. The van der Waals surface area contributed by atoms with Gasteiger partial charge in [0.05, 0.1) is 25.2 Å².